The highest BCUT2D eigenvalue weighted by Crippen LogP contribution is 2.30. The van der Waals surface area contributed by atoms with Gasteiger partial charge in [0.2, 0.25) is 11.8 Å². The first-order chi connectivity index (χ1) is 9.29. The fourth-order valence-corrected chi connectivity index (χ4v) is 2.63. The predicted molar refractivity (Wildman–Crippen MR) is 78.2 cm³/mol. The number of hydrogen-bond acceptors (Lipinski definition) is 2. The van der Waals surface area contributed by atoms with Crippen LogP contribution >= 0.6 is 0 Å². The molecule has 0 spiro atoms. The molecule has 0 saturated heterocycles. The zero-order valence-electron chi connectivity index (χ0n) is 12.6. The minimum atomic E-state index is -0.517. The van der Waals surface area contributed by atoms with E-state index < -0.39 is 6.04 Å². The van der Waals surface area contributed by atoms with Crippen molar-refractivity contribution in [2.24, 2.45) is 0 Å². The van der Waals surface area contributed by atoms with Crippen molar-refractivity contribution >= 4 is 11.8 Å². The van der Waals surface area contributed by atoms with E-state index in [4.69, 9.17) is 0 Å². The van der Waals surface area contributed by atoms with Gasteiger partial charge < -0.3 is 10.2 Å². The van der Waals surface area contributed by atoms with E-state index in [2.05, 4.69) is 5.32 Å². The normalized spacial score (nSPS) is 18.4. The first kappa shape index (κ1) is 14.6. The molecule has 4 nitrogen and oxygen atoms in total. The van der Waals surface area contributed by atoms with Crippen LogP contribution < -0.4 is 5.32 Å². The lowest BCUT2D eigenvalue weighted by atomic mass is 9.91. The summed E-state index contributed by atoms with van der Waals surface area (Å²) in [5.74, 6) is -0.173. The van der Waals surface area contributed by atoms with Gasteiger partial charge in [-0.1, -0.05) is 24.3 Å². The molecule has 1 N–H and O–H groups in total. The molecular weight excluding hydrogens is 252 g/mol. The number of hydrogen-bond donors (Lipinski definition) is 1. The van der Waals surface area contributed by atoms with Crippen LogP contribution in [0.2, 0.25) is 0 Å². The summed E-state index contributed by atoms with van der Waals surface area (Å²) in [6.45, 7) is 7.94. The van der Waals surface area contributed by atoms with Gasteiger partial charge in [-0.25, -0.2) is 0 Å². The standard InChI is InChI=1S/C16H22N2O2/c1-11(19)18-10-9-12-7-5-6-8-13(12)14(18)15(20)17-16(2,3)4/h5-8,14H,9-10H2,1-4H3,(H,17,20)/t14-/m0/s1. The van der Waals surface area contributed by atoms with Gasteiger partial charge in [0.05, 0.1) is 0 Å². The molecule has 1 aromatic rings. The molecule has 1 aliphatic heterocycles. The van der Waals surface area contributed by atoms with E-state index in [9.17, 15) is 9.59 Å². The number of amides is 2. The highest BCUT2D eigenvalue weighted by Gasteiger charge is 2.35. The van der Waals surface area contributed by atoms with Crippen LogP contribution in [-0.2, 0) is 16.0 Å². The molecule has 1 atom stereocenters. The maximum atomic E-state index is 12.6. The van der Waals surface area contributed by atoms with Crippen molar-refractivity contribution in [3.63, 3.8) is 0 Å². The monoisotopic (exact) mass is 274 g/mol. The quantitative estimate of drug-likeness (QED) is 0.852. The van der Waals surface area contributed by atoms with Crippen molar-refractivity contribution in [2.45, 2.75) is 45.7 Å². The smallest absolute Gasteiger partial charge is 0.247 e. The Labute approximate surface area is 120 Å². The average molecular weight is 274 g/mol. The second kappa shape index (κ2) is 5.27. The number of rotatable bonds is 1. The lowest BCUT2D eigenvalue weighted by Crippen LogP contribution is -2.50. The second-order valence-corrected chi connectivity index (χ2v) is 6.30. The van der Waals surface area contributed by atoms with E-state index in [1.54, 1.807) is 4.90 Å². The van der Waals surface area contributed by atoms with Crippen LogP contribution in [0, 0.1) is 0 Å². The topological polar surface area (TPSA) is 49.4 Å². The molecule has 1 heterocycles. The zero-order valence-corrected chi connectivity index (χ0v) is 12.6. The number of nitrogens with zero attached hydrogens (tertiary/aromatic N) is 1. The van der Waals surface area contributed by atoms with Crippen LogP contribution in [0.15, 0.2) is 24.3 Å². The fraction of sp³-hybridized carbons (Fsp3) is 0.500. The Balaban J connectivity index is 2.38. The van der Waals surface area contributed by atoms with Crippen molar-refractivity contribution in [3.8, 4) is 0 Å². The van der Waals surface area contributed by atoms with Gasteiger partial charge in [0.25, 0.3) is 0 Å². The molecule has 1 aliphatic rings. The average Bonchev–Trinajstić information content (AvgIpc) is 2.35. The lowest BCUT2D eigenvalue weighted by molar-refractivity contribution is -0.140. The van der Waals surface area contributed by atoms with Gasteiger partial charge in [0.15, 0.2) is 0 Å². The molecule has 20 heavy (non-hydrogen) atoms. The number of benzene rings is 1. The summed E-state index contributed by atoms with van der Waals surface area (Å²) >= 11 is 0. The molecule has 2 rings (SSSR count). The molecule has 2 amide bonds. The van der Waals surface area contributed by atoms with Gasteiger partial charge in [0.1, 0.15) is 6.04 Å². The van der Waals surface area contributed by atoms with Crippen molar-refractivity contribution in [1.82, 2.24) is 10.2 Å². The predicted octanol–water partition coefficient (Wildman–Crippen LogP) is 2.05. The summed E-state index contributed by atoms with van der Waals surface area (Å²) in [5.41, 5.74) is 1.78. The highest BCUT2D eigenvalue weighted by molar-refractivity contribution is 5.89. The Bertz CT molecular complexity index is 532. The Morgan fingerprint density at radius 1 is 1.25 bits per heavy atom. The SMILES string of the molecule is CC(=O)N1CCc2ccccc2[C@H]1C(=O)NC(C)(C)C. The maximum Gasteiger partial charge on any atom is 0.247 e. The maximum absolute atomic E-state index is 12.6. The summed E-state index contributed by atoms with van der Waals surface area (Å²) in [7, 11) is 0. The third-order valence-electron chi connectivity index (χ3n) is 3.43. The lowest BCUT2D eigenvalue weighted by Gasteiger charge is -2.37. The van der Waals surface area contributed by atoms with Gasteiger partial charge in [-0.15, -0.1) is 0 Å². The number of fused-ring (bicyclic) bond motifs is 1. The molecular formula is C16H22N2O2. The van der Waals surface area contributed by atoms with E-state index in [0.29, 0.717) is 6.54 Å². The van der Waals surface area contributed by atoms with Gasteiger partial charge in [0, 0.05) is 19.0 Å². The van der Waals surface area contributed by atoms with E-state index in [1.165, 1.54) is 6.92 Å². The molecule has 4 heteroatoms. The van der Waals surface area contributed by atoms with Gasteiger partial charge >= 0.3 is 0 Å². The van der Waals surface area contributed by atoms with Crippen molar-refractivity contribution < 1.29 is 9.59 Å². The van der Waals surface area contributed by atoms with Crippen LogP contribution in [0.3, 0.4) is 0 Å². The first-order valence-corrected chi connectivity index (χ1v) is 6.96. The van der Waals surface area contributed by atoms with E-state index in [1.807, 2.05) is 45.0 Å². The molecule has 0 unspecified atom stereocenters. The number of carbonyl (C=O) groups excluding carboxylic acids is 2. The van der Waals surface area contributed by atoms with Crippen LogP contribution in [0.4, 0.5) is 0 Å². The summed E-state index contributed by atoms with van der Waals surface area (Å²) in [4.78, 5) is 26.1. The summed E-state index contributed by atoms with van der Waals surface area (Å²) in [6.07, 6.45) is 0.801. The van der Waals surface area contributed by atoms with Crippen molar-refractivity contribution in [3.05, 3.63) is 35.4 Å². The minimum Gasteiger partial charge on any atom is -0.349 e. The summed E-state index contributed by atoms with van der Waals surface area (Å²) in [6, 6.07) is 7.35. The Morgan fingerprint density at radius 2 is 1.90 bits per heavy atom. The molecule has 108 valence electrons. The molecule has 0 aliphatic carbocycles. The van der Waals surface area contributed by atoms with Crippen LogP contribution in [0.25, 0.3) is 0 Å². The first-order valence-electron chi connectivity index (χ1n) is 6.96. The van der Waals surface area contributed by atoms with E-state index in [-0.39, 0.29) is 17.4 Å². The Kier molecular flexibility index (Phi) is 3.84. The molecule has 0 aromatic heterocycles. The van der Waals surface area contributed by atoms with Gasteiger partial charge in [-0.3, -0.25) is 9.59 Å². The van der Waals surface area contributed by atoms with Gasteiger partial charge in [-0.05, 0) is 38.3 Å². The third-order valence-corrected chi connectivity index (χ3v) is 3.43. The fourth-order valence-electron chi connectivity index (χ4n) is 2.63. The second-order valence-electron chi connectivity index (χ2n) is 6.30. The number of nitrogens with one attached hydrogen (secondary N) is 1. The molecule has 0 fully saturated rings. The third kappa shape index (κ3) is 3.00. The molecule has 0 saturated carbocycles. The zero-order chi connectivity index (χ0) is 14.9. The molecule has 0 bridgehead atoms. The minimum absolute atomic E-state index is 0.0615. The van der Waals surface area contributed by atoms with Crippen LogP contribution in [0.5, 0.6) is 0 Å². The van der Waals surface area contributed by atoms with Gasteiger partial charge in [-0.2, -0.15) is 0 Å². The summed E-state index contributed by atoms with van der Waals surface area (Å²) in [5, 5.41) is 2.98. The Morgan fingerprint density at radius 3 is 2.50 bits per heavy atom. The molecule has 1 aromatic carbocycles. The number of carbonyl (C=O) groups is 2. The van der Waals surface area contributed by atoms with Crippen molar-refractivity contribution in [1.29, 1.82) is 0 Å². The van der Waals surface area contributed by atoms with Crippen LogP contribution in [-0.4, -0.2) is 28.8 Å². The molecule has 0 radical (unpaired) electrons. The van der Waals surface area contributed by atoms with Crippen LogP contribution in [0.1, 0.15) is 44.9 Å². The van der Waals surface area contributed by atoms with E-state index >= 15 is 0 Å². The Hall–Kier alpha value is -1.84. The largest absolute Gasteiger partial charge is 0.349 e. The van der Waals surface area contributed by atoms with Crippen molar-refractivity contribution in [2.75, 3.05) is 6.54 Å². The summed E-state index contributed by atoms with van der Waals surface area (Å²) < 4.78 is 0. The van der Waals surface area contributed by atoms with E-state index in [0.717, 1.165) is 17.5 Å². The highest BCUT2D eigenvalue weighted by atomic mass is 16.2.